The molecule has 0 aliphatic heterocycles. The monoisotopic (exact) mass is 231 g/mol. The highest BCUT2D eigenvalue weighted by atomic mass is 16.3. The van der Waals surface area contributed by atoms with Gasteiger partial charge in [0.25, 0.3) is 0 Å². The van der Waals surface area contributed by atoms with Gasteiger partial charge in [-0.05, 0) is 25.1 Å². The van der Waals surface area contributed by atoms with Crippen molar-refractivity contribution in [3.8, 4) is 0 Å². The van der Waals surface area contributed by atoms with Crippen molar-refractivity contribution in [3.63, 3.8) is 0 Å². The fourth-order valence-electron chi connectivity index (χ4n) is 1.74. The lowest BCUT2D eigenvalue weighted by molar-refractivity contribution is 0.529. The van der Waals surface area contributed by atoms with Crippen LogP contribution in [0.25, 0.3) is 0 Å². The van der Waals surface area contributed by atoms with E-state index in [-0.39, 0.29) is 0 Å². The van der Waals surface area contributed by atoms with E-state index in [1.807, 2.05) is 32.2 Å². The van der Waals surface area contributed by atoms with Gasteiger partial charge < -0.3 is 15.1 Å². The summed E-state index contributed by atoms with van der Waals surface area (Å²) in [5.41, 5.74) is 8.79. The van der Waals surface area contributed by atoms with E-state index in [1.165, 1.54) is 5.56 Å². The van der Waals surface area contributed by atoms with Crippen LogP contribution < -0.4 is 10.6 Å². The summed E-state index contributed by atoms with van der Waals surface area (Å²) < 4.78 is 5.29. The zero-order valence-corrected chi connectivity index (χ0v) is 10.2. The second-order valence-corrected chi connectivity index (χ2v) is 4.07. The number of furan rings is 1. The molecular formula is C13H17N3O. The number of rotatable bonds is 4. The minimum atomic E-state index is 0.465. The van der Waals surface area contributed by atoms with Gasteiger partial charge in [-0.1, -0.05) is 0 Å². The largest absolute Gasteiger partial charge is 0.469 e. The fraction of sp³-hybridized carbons (Fsp3) is 0.308. The van der Waals surface area contributed by atoms with Crippen LogP contribution in [-0.2, 0) is 13.1 Å². The van der Waals surface area contributed by atoms with E-state index in [9.17, 15) is 0 Å². The molecule has 90 valence electrons. The van der Waals surface area contributed by atoms with Crippen LogP contribution in [0, 0.1) is 6.92 Å². The molecule has 2 aromatic heterocycles. The lowest BCUT2D eigenvalue weighted by atomic mass is 10.2. The van der Waals surface area contributed by atoms with Crippen molar-refractivity contribution in [2.45, 2.75) is 20.0 Å². The summed E-state index contributed by atoms with van der Waals surface area (Å²) >= 11 is 0. The van der Waals surface area contributed by atoms with Crippen LogP contribution in [0.5, 0.6) is 0 Å². The minimum absolute atomic E-state index is 0.465. The second-order valence-electron chi connectivity index (χ2n) is 4.07. The van der Waals surface area contributed by atoms with Crippen molar-refractivity contribution in [1.82, 2.24) is 4.98 Å². The smallest absolute Gasteiger partial charge is 0.105 e. The molecule has 2 rings (SSSR count). The third-order valence-corrected chi connectivity index (χ3v) is 2.82. The van der Waals surface area contributed by atoms with E-state index < -0.39 is 0 Å². The molecule has 0 aromatic carbocycles. The first-order valence-corrected chi connectivity index (χ1v) is 5.60. The number of aromatic nitrogens is 1. The Balaban J connectivity index is 2.14. The summed E-state index contributed by atoms with van der Waals surface area (Å²) in [7, 11) is 2.04. The second kappa shape index (κ2) is 5.01. The molecule has 0 atom stereocenters. The normalized spacial score (nSPS) is 10.5. The number of hydrogen-bond acceptors (Lipinski definition) is 4. The van der Waals surface area contributed by atoms with Crippen LogP contribution in [0.4, 0.5) is 5.69 Å². The van der Waals surface area contributed by atoms with E-state index in [0.29, 0.717) is 6.54 Å². The molecule has 4 heteroatoms. The lowest BCUT2D eigenvalue weighted by Gasteiger charge is -2.19. The summed E-state index contributed by atoms with van der Waals surface area (Å²) in [4.78, 5) is 6.34. The molecule has 0 fully saturated rings. The van der Waals surface area contributed by atoms with E-state index in [0.717, 1.165) is 23.7 Å². The Morgan fingerprint density at radius 2 is 2.24 bits per heavy atom. The number of pyridine rings is 1. The third-order valence-electron chi connectivity index (χ3n) is 2.82. The van der Waals surface area contributed by atoms with Crippen molar-refractivity contribution < 1.29 is 4.42 Å². The predicted molar refractivity (Wildman–Crippen MR) is 67.7 cm³/mol. The Morgan fingerprint density at radius 3 is 2.88 bits per heavy atom. The van der Waals surface area contributed by atoms with Crippen LogP contribution in [0.15, 0.2) is 35.1 Å². The molecule has 4 nitrogen and oxygen atoms in total. The van der Waals surface area contributed by atoms with Gasteiger partial charge in [-0.15, -0.1) is 0 Å². The van der Waals surface area contributed by atoms with Gasteiger partial charge in [-0.2, -0.15) is 0 Å². The maximum atomic E-state index is 5.58. The fourth-order valence-corrected chi connectivity index (χ4v) is 1.74. The standard InChI is InChI=1S/C13H17N3O/c1-10-11(4-6-17-10)9-16(2)13-3-5-15-12(7-13)8-14/h3-7H,8-9,14H2,1-2H3. The van der Waals surface area contributed by atoms with Crippen molar-refractivity contribution in [3.05, 3.63) is 47.7 Å². The van der Waals surface area contributed by atoms with E-state index in [2.05, 4.69) is 9.88 Å². The van der Waals surface area contributed by atoms with Gasteiger partial charge in [-0.25, -0.2) is 0 Å². The number of anilines is 1. The summed E-state index contributed by atoms with van der Waals surface area (Å²) in [5.74, 6) is 0.963. The van der Waals surface area contributed by atoms with Gasteiger partial charge in [0.1, 0.15) is 5.76 Å². The van der Waals surface area contributed by atoms with Gasteiger partial charge in [0.15, 0.2) is 0 Å². The highest BCUT2D eigenvalue weighted by Crippen LogP contribution is 2.18. The SMILES string of the molecule is Cc1occc1CN(C)c1ccnc(CN)c1. The highest BCUT2D eigenvalue weighted by Gasteiger charge is 2.07. The Bertz CT molecular complexity index is 493. The first-order valence-electron chi connectivity index (χ1n) is 5.60. The lowest BCUT2D eigenvalue weighted by Crippen LogP contribution is -2.17. The number of hydrogen-bond donors (Lipinski definition) is 1. The Hall–Kier alpha value is -1.81. The van der Waals surface area contributed by atoms with Crippen molar-refractivity contribution in [2.75, 3.05) is 11.9 Å². The molecule has 2 N–H and O–H groups in total. The van der Waals surface area contributed by atoms with Gasteiger partial charge in [-0.3, -0.25) is 4.98 Å². The molecule has 0 unspecified atom stereocenters. The molecule has 0 saturated carbocycles. The molecule has 17 heavy (non-hydrogen) atoms. The Kier molecular flexibility index (Phi) is 3.44. The van der Waals surface area contributed by atoms with Crippen molar-refractivity contribution in [1.29, 1.82) is 0 Å². The van der Waals surface area contributed by atoms with Crippen molar-refractivity contribution >= 4 is 5.69 Å². The highest BCUT2D eigenvalue weighted by molar-refractivity contribution is 5.46. The molecule has 2 aromatic rings. The average Bonchev–Trinajstić information content (AvgIpc) is 2.75. The molecule has 0 aliphatic carbocycles. The third kappa shape index (κ3) is 2.65. The van der Waals surface area contributed by atoms with E-state index >= 15 is 0 Å². The minimum Gasteiger partial charge on any atom is -0.469 e. The molecule has 2 heterocycles. The summed E-state index contributed by atoms with van der Waals surface area (Å²) in [5, 5.41) is 0. The van der Waals surface area contributed by atoms with Crippen LogP contribution in [-0.4, -0.2) is 12.0 Å². The molecule has 0 spiro atoms. The first-order chi connectivity index (χ1) is 8.20. The van der Waals surface area contributed by atoms with Gasteiger partial charge >= 0.3 is 0 Å². The maximum absolute atomic E-state index is 5.58. The zero-order chi connectivity index (χ0) is 12.3. The topological polar surface area (TPSA) is 55.3 Å². The number of nitrogens with two attached hydrogens (primary N) is 1. The zero-order valence-electron chi connectivity index (χ0n) is 10.2. The molecule has 0 aliphatic rings. The van der Waals surface area contributed by atoms with Gasteiger partial charge in [0, 0.05) is 37.6 Å². The predicted octanol–water partition coefficient (Wildman–Crippen LogP) is 2.08. The Labute approximate surface area is 101 Å². The van der Waals surface area contributed by atoms with E-state index in [1.54, 1.807) is 12.5 Å². The molecule has 0 bridgehead atoms. The summed E-state index contributed by atoms with van der Waals surface area (Å²) in [6.07, 6.45) is 3.51. The molecule has 0 saturated heterocycles. The Morgan fingerprint density at radius 1 is 1.41 bits per heavy atom. The first kappa shape index (κ1) is 11.7. The number of nitrogens with zero attached hydrogens (tertiary/aromatic N) is 2. The maximum Gasteiger partial charge on any atom is 0.105 e. The molecule has 0 radical (unpaired) electrons. The summed E-state index contributed by atoms with van der Waals surface area (Å²) in [6.45, 7) is 3.25. The summed E-state index contributed by atoms with van der Waals surface area (Å²) in [6, 6.07) is 5.99. The van der Waals surface area contributed by atoms with E-state index in [4.69, 9.17) is 10.2 Å². The van der Waals surface area contributed by atoms with Gasteiger partial charge in [0.2, 0.25) is 0 Å². The molecular weight excluding hydrogens is 214 g/mol. The van der Waals surface area contributed by atoms with Crippen LogP contribution in [0.1, 0.15) is 17.0 Å². The van der Waals surface area contributed by atoms with Crippen LogP contribution >= 0.6 is 0 Å². The van der Waals surface area contributed by atoms with Crippen LogP contribution in [0.3, 0.4) is 0 Å². The van der Waals surface area contributed by atoms with Gasteiger partial charge in [0.05, 0.1) is 12.0 Å². The quantitative estimate of drug-likeness (QED) is 0.875. The average molecular weight is 231 g/mol. The number of aryl methyl sites for hydroxylation is 1. The van der Waals surface area contributed by atoms with Crippen LogP contribution in [0.2, 0.25) is 0 Å². The molecule has 0 amide bonds. The van der Waals surface area contributed by atoms with Crippen molar-refractivity contribution in [2.24, 2.45) is 5.73 Å².